The van der Waals surface area contributed by atoms with Crippen LogP contribution in [0.15, 0.2) is 30.3 Å². The second-order valence-corrected chi connectivity index (χ2v) is 5.25. The number of piperazine rings is 1. The van der Waals surface area contributed by atoms with E-state index in [1.54, 1.807) is 7.11 Å². The Morgan fingerprint density at radius 3 is 2.70 bits per heavy atom. The fraction of sp³-hybridized carbons (Fsp3) is 0.500. The number of likely N-dealkylation sites (N-methyl/N-ethyl adjacent to an activating group) is 1. The molecule has 0 radical (unpaired) electrons. The molecule has 20 heavy (non-hydrogen) atoms. The number of methoxy groups -OCH3 is 1. The van der Waals surface area contributed by atoms with Crippen molar-refractivity contribution in [3.63, 3.8) is 0 Å². The van der Waals surface area contributed by atoms with Crippen molar-refractivity contribution in [2.75, 3.05) is 46.9 Å². The Bertz CT molecular complexity index is 431. The van der Waals surface area contributed by atoms with Crippen LogP contribution in [0.4, 0.5) is 0 Å². The van der Waals surface area contributed by atoms with Gasteiger partial charge in [-0.25, -0.2) is 0 Å². The highest BCUT2D eigenvalue weighted by molar-refractivity contribution is 5.50. The van der Waals surface area contributed by atoms with Gasteiger partial charge >= 0.3 is 0 Å². The minimum atomic E-state index is 0.231. The van der Waals surface area contributed by atoms with E-state index in [0.29, 0.717) is 0 Å². The van der Waals surface area contributed by atoms with Gasteiger partial charge in [-0.2, -0.15) is 0 Å². The highest BCUT2D eigenvalue weighted by Gasteiger charge is 2.22. The molecular weight excluding hydrogens is 252 g/mol. The molecule has 1 unspecified atom stereocenters. The fourth-order valence-electron chi connectivity index (χ4n) is 2.43. The first-order valence-corrected chi connectivity index (χ1v) is 7.07. The molecule has 0 saturated carbocycles. The third kappa shape index (κ3) is 4.07. The van der Waals surface area contributed by atoms with Gasteiger partial charge in [0.05, 0.1) is 13.7 Å². The SMILES string of the molecule is COc1ccc(C=CCN2CCN(C)C(CO)C2)cc1. The van der Waals surface area contributed by atoms with Gasteiger partial charge in [-0.05, 0) is 24.7 Å². The second-order valence-electron chi connectivity index (χ2n) is 5.25. The Hall–Kier alpha value is -1.36. The molecule has 4 heteroatoms. The number of hydrogen-bond donors (Lipinski definition) is 1. The highest BCUT2D eigenvalue weighted by Crippen LogP contribution is 2.12. The summed E-state index contributed by atoms with van der Waals surface area (Å²) in [6.45, 7) is 4.16. The van der Waals surface area contributed by atoms with E-state index in [4.69, 9.17) is 4.74 Å². The average molecular weight is 276 g/mol. The van der Waals surface area contributed by atoms with Crippen LogP contribution in [-0.4, -0.2) is 67.9 Å². The predicted octanol–water partition coefficient (Wildman–Crippen LogP) is 1.32. The van der Waals surface area contributed by atoms with E-state index >= 15 is 0 Å². The summed E-state index contributed by atoms with van der Waals surface area (Å²) in [4.78, 5) is 4.60. The van der Waals surface area contributed by atoms with Gasteiger partial charge in [-0.1, -0.05) is 24.3 Å². The first-order valence-electron chi connectivity index (χ1n) is 7.07. The first kappa shape index (κ1) is 15.0. The first-order chi connectivity index (χ1) is 9.72. The number of aliphatic hydroxyl groups excluding tert-OH is 1. The monoisotopic (exact) mass is 276 g/mol. The number of nitrogens with zero attached hydrogens (tertiary/aromatic N) is 2. The van der Waals surface area contributed by atoms with Crippen LogP contribution in [0.3, 0.4) is 0 Å². The summed E-state index contributed by atoms with van der Waals surface area (Å²) >= 11 is 0. The molecule has 0 bridgehead atoms. The molecule has 110 valence electrons. The zero-order valence-corrected chi connectivity index (χ0v) is 12.3. The maximum atomic E-state index is 9.33. The van der Waals surface area contributed by atoms with Crippen LogP contribution in [0.25, 0.3) is 6.08 Å². The van der Waals surface area contributed by atoms with Gasteiger partial charge in [0.2, 0.25) is 0 Å². The Balaban J connectivity index is 1.83. The molecule has 1 atom stereocenters. The smallest absolute Gasteiger partial charge is 0.118 e. The Morgan fingerprint density at radius 1 is 1.30 bits per heavy atom. The molecule has 4 nitrogen and oxygen atoms in total. The molecule has 0 aromatic heterocycles. The number of aliphatic hydroxyl groups is 1. The number of hydrogen-bond acceptors (Lipinski definition) is 4. The third-order valence-corrected chi connectivity index (χ3v) is 3.86. The molecule has 0 aliphatic carbocycles. The third-order valence-electron chi connectivity index (χ3n) is 3.86. The molecule has 1 aliphatic rings. The van der Waals surface area contributed by atoms with E-state index in [1.807, 2.05) is 12.1 Å². The van der Waals surface area contributed by atoms with Crippen molar-refractivity contribution in [3.8, 4) is 5.75 Å². The summed E-state index contributed by atoms with van der Waals surface area (Å²) in [5.41, 5.74) is 1.18. The Labute approximate surface area is 121 Å². The topological polar surface area (TPSA) is 35.9 Å². The van der Waals surface area contributed by atoms with Crippen molar-refractivity contribution >= 4 is 6.08 Å². The molecule has 1 aromatic carbocycles. The summed E-state index contributed by atoms with van der Waals surface area (Å²) in [6, 6.07) is 8.30. The van der Waals surface area contributed by atoms with Gasteiger partial charge < -0.3 is 9.84 Å². The summed E-state index contributed by atoms with van der Waals surface area (Å²) in [7, 11) is 3.75. The number of rotatable bonds is 5. The summed E-state index contributed by atoms with van der Waals surface area (Å²) in [6.07, 6.45) is 4.31. The molecular formula is C16H24N2O2. The summed E-state index contributed by atoms with van der Waals surface area (Å²) in [5.74, 6) is 0.881. The second kappa shape index (κ2) is 7.43. The van der Waals surface area contributed by atoms with E-state index in [-0.39, 0.29) is 12.6 Å². The van der Waals surface area contributed by atoms with Gasteiger partial charge in [-0.3, -0.25) is 9.80 Å². The number of ether oxygens (including phenoxy) is 1. The summed E-state index contributed by atoms with van der Waals surface area (Å²) < 4.78 is 5.14. The van der Waals surface area contributed by atoms with Crippen LogP contribution < -0.4 is 4.74 Å². The standard InChI is InChI=1S/C16H24N2O2/c1-17-10-11-18(12-15(17)13-19)9-3-4-14-5-7-16(20-2)8-6-14/h3-8,15,19H,9-13H2,1-2H3. The van der Waals surface area contributed by atoms with Crippen molar-refractivity contribution in [1.82, 2.24) is 9.80 Å². The molecule has 1 fully saturated rings. The highest BCUT2D eigenvalue weighted by atomic mass is 16.5. The van der Waals surface area contributed by atoms with Crippen LogP contribution in [0.2, 0.25) is 0 Å². The fourth-order valence-corrected chi connectivity index (χ4v) is 2.43. The summed E-state index contributed by atoms with van der Waals surface area (Å²) in [5, 5.41) is 9.33. The van der Waals surface area contributed by atoms with Crippen molar-refractivity contribution < 1.29 is 9.84 Å². The van der Waals surface area contributed by atoms with Gasteiger partial charge in [-0.15, -0.1) is 0 Å². The maximum Gasteiger partial charge on any atom is 0.118 e. The zero-order valence-electron chi connectivity index (χ0n) is 12.3. The minimum Gasteiger partial charge on any atom is -0.497 e. The van der Waals surface area contributed by atoms with Crippen molar-refractivity contribution in [2.24, 2.45) is 0 Å². The van der Waals surface area contributed by atoms with Crippen LogP contribution in [-0.2, 0) is 0 Å². The lowest BCUT2D eigenvalue weighted by Crippen LogP contribution is -2.52. The van der Waals surface area contributed by atoms with E-state index < -0.39 is 0 Å². The van der Waals surface area contributed by atoms with Gasteiger partial charge in [0.1, 0.15) is 5.75 Å². The Kier molecular flexibility index (Phi) is 5.59. The van der Waals surface area contributed by atoms with Crippen molar-refractivity contribution in [3.05, 3.63) is 35.9 Å². The molecule has 1 saturated heterocycles. The van der Waals surface area contributed by atoms with E-state index in [2.05, 4.69) is 41.1 Å². The van der Waals surface area contributed by atoms with E-state index in [0.717, 1.165) is 31.9 Å². The molecule has 1 aromatic rings. The molecule has 0 spiro atoms. The Morgan fingerprint density at radius 2 is 2.05 bits per heavy atom. The van der Waals surface area contributed by atoms with Gasteiger partial charge in [0.25, 0.3) is 0 Å². The normalized spacial score (nSPS) is 21.4. The van der Waals surface area contributed by atoms with Gasteiger partial charge in [0.15, 0.2) is 0 Å². The largest absolute Gasteiger partial charge is 0.497 e. The van der Waals surface area contributed by atoms with Crippen molar-refractivity contribution in [1.29, 1.82) is 0 Å². The lowest BCUT2D eigenvalue weighted by Gasteiger charge is -2.38. The molecule has 2 rings (SSSR count). The van der Waals surface area contributed by atoms with Crippen LogP contribution in [0, 0.1) is 0 Å². The molecule has 1 heterocycles. The molecule has 1 N–H and O–H groups in total. The quantitative estimate of drug-likeness (QED) is 0.880. The van der Waals surface area contributed by atoms with E-state index in [1.165, 1.54) is 5.56 Å². The zero-order chi connectivity index (χ0) is 14.4. The minimum absolute atomic E-state index is 0.231. The van der Waals surface area contributed by atoms with Crippen LogP contribution in [0.5, 0.6) is 5.75 Å². The number of benzene rings is 1. The average Bonchev–Trinajstić information content (AvgIpc) is 2.49. The predicted molar refractivity (Wildman–Crippen MR) is 82.0 cm³/mol. The van der Waals surface area contributed by atoms with Crippen LogP contribution >= 0.6 is 0 Å². The lowest BCUT2D eigenvalue weighted by atomic mass is 10.1. The van der Waals surface area contributed by atoms with E-state index in [9.17, 15) is 5.11 Å². The molecule has 1 aliphatic heterocycles. The van der Waals surface area contributed by atoms with Crippen LogP contribution in [0.1, 0.15) is 5.56 Å². The maximum absolute atomic E-state index is 9.33. The molecule has 0 amide bonds. The lowest BCUT2D eigenvalue weighted by molar-refractivity contribution is 0.0635. The van der Waals surface area contributed by atoms with Gasteiger partial charge in [0, 0.05) is 32.2 Å². The van der Waals surface area contributed by atoms with Crippen molar-refractivity contribution in [2.45, 2.75) is 6.04 Å².